The zero-order chi connectivity index (χ0) is 14.8. The number of aliphatic hydroxyl groups excluding tert-OH is 1. The minimum absolute atomic E-state index is 0.223. The summed E-state index contributed by atoms with van der Waals surface area (Å²) in [7, 11) is 0. The largest absolute Gasteiger partial charge is 0.393 e. The normalized spacial score (nSPS) is 18.1. The van der Waals surface area contributed by atoms with Gasteiger partial charge in [0, 0.05) is 32.0 Å². The Morgan fingerprint density at radius 2 is 2.19 bits per heavy atom. The Morgan fingerprint density at radius 3 is 2.86 bits per heavy atom. The molecule has 6 heteroatoms. The highest BCUT2D eigenvalue weighted by atomic mass is 16.3. The summed E-state index contributed by atoms with van der Waals surface area (Å²) in [6.45, 7) is 6.63. The van der Waals surface area contributed by atoms with Crippen molar-refractivity contribution >= 4 is 17.3 Å². The van der Waals surface area contributed by atoms with Gasteiger partial charge in [0.15, 0.2) is 11.5 Å². The van der Waals surface area contributed by atoms with Gasteiger partial charge in [-0.1, -0.05) is 0 Å². The number of imidazole rings is 1. The monoisotopic (exact) mass is 289 g/mol. The molecule has 6 nitrogen and oxygen atoms in total. The lowest BCUT2D eigenvalue weighted by molar-refractivity contribution is 0.110. The van der Waals surface area contributed by atoms with Gasteiger partial charge in [0.25, 0.3) is 0 Å². The molecular weight excluding hydrogens is 266 g/mol. The van der Waals surface area contributed by atoms with E-state index in [-0.39, 0.29) is 6.10 Å². The van der Waals surface area contributed by atoms with E-state index in [1.54, 1.807) is 6.20 Å². The van der Waals surface area contributed by atoms with Gasteiger partial charge in [-0.15, -0.1) is 0 Å². The Hall–Kier alpha value is -1.82. The fourth-order valence-electron chi connectivity index (χ4n) is 2.99. The maximum atomic E-state index is 9.73. The summed E-state index contributed by atoms with van der Waals surface area (Å²) in [5, 5.41) is 13.0. The molecule has 2 aromatic rings. The highest BCUT2D eigenvalue weighted by molar-refractivity contribution is 5.67. The zero-order valence-corrected chi connectivity index (χ0v) is 12.7. The van der Waals surface area contributed by atoms with Crippen LogP contribution in [-0.2, 0) is 0 Å². The van der Waals surface area contributed by atoms with Crippen LogP contribution in [0.1, 0.15) is 26.7 Å². The van der Waals surface area contributed by atoms with Crippen molar-refractivity contribution < 1.29 is 5.11 Å². The molecule has 1 aliphatic rings. The van der Waals surface area contributed by atoms with Gasteiger partial charge in [-0.2, -0.15) is 0 Å². The summed E-state index contributed by atoms with van der Waals surface area (Å²) in [4.78, 5) is 11.4. The molecule has 2 aromatic heterocycles. The van der Waals surface area contributed by atoms with E-state index >= 15 is 0 Å². The second-order valence-corrected chi connectivity index (χ2v) is 5.70. The zero-order valence-electron chi connectivity index (χ0n) is 12.7. The lowest BCUT2D eigenvalue weighted by Gasteiger charge is -2.34. The maximum Gasteiger partial charge on any atom is 0.180 e. The molecule has 0 radical (unpaired) electrons. The van der Waals surface area contributed by atoms with E-state index in [1.165, 1.54) is 0 Å². The van der Waals surface area contributed by atoms with Gasteiger partial charge in [0.2, 0.25) is 0 Å². The number of anilines is 2. The first-order valence-corrected chi connectivity index (χ1v) is 7.69. The van der Waals surface area contributed by atoms with Crippen molar-refractivity contribution in [3.05, 3.63) is 18.6 Å². The molecule has 0 spiro atoms. The van der Waals surface area contributed by atoms with Crippen LogP contribution < -0.4 is 10.2 Å². The van der Waals surface area contributed by atoms with Crippen LogP contribution in [0.5, 0.6) is 0 Å². The molecule has 0 bridgehead atoms. The average molecular weight is 289 g/mol. The van der Waals surface area contributed by atoms with Crippen molar-refractivity contribution in [1.29, 1.82) is 0 Å². The maximum absolute atomic E-state index is 9.73. The van der Waals surface area contributed by atoms with E-state index in [1.807, 2.05) is 23.7 Å². The first kappa shape index (κ1) is 14.1. The summed E-state index contributed by atoms with van der Waals surface area (Å²) < 4.78 is 2.01. The van der Waals surface area contributed by atoms with Crippen LogP contribution in [-0.4, -0.2) is 45.2 Å². The lowest BCUT2D eigenvalue weighted by Crippen LogP contribution is -2.37. The third kappa shape index (κ3) is 2.81. The number of rotatable bonds is 4. The molecule has 2 N–H and O–H groups in total. The van der Waals surface area contributed by atoms with Crippen LogP contribution in [0.4, 0.5) is 11.6 Å². The molecule has 3 rings (SSSR count). The second kappa shape index (κ2) is 5.89. The molecule has 1 aliphatic heterocycles. The molecule has 0 saturated carbocycles. The van der Waals surface area contributed by atoms with Gasteiger partial charge in [-0.05, 0) is 32.6 Å². The smallest absolute Gasteiger partial charge is 0.180 e. The van der Waals surface area contributed by atoms with Crippen LogP contribution in [0.25, 0.3) is 5.65 Å². The van der Waals surface area contributed by atoms with E-state index in [2.05, 4.69) is 22.1 Å². The lowest BCUT2D eigenvalue weighted by atomic mass is 9.92. The van der Waals surface area contributed by atoms with Crippen LogP contribution in [0.2, 0.25) is 0 Å². The molecule has 1 saturated heterocycles. The van der Waals surface area contributed by atoms with Gasteiger partial charge < -0.3 is 19.7 Å². The third-order valence-electron chi connectivity index (χ3n) is 4.24. The molecule has 0 aromatic carbocycles. The Bertz CT molecular complexity index is 601. The van der Waals surface area contributed by atoms with E-state index < -0.39 is 0 Å². The Balaban J connectivity index is 1.87. The molecule has 0 aliphatic carbocycles. The Morgan fingerprint density at radius 1 is 1.43 bits per heavy atom. The predicted molar refractivity (Wildman–Crippen MR) is 83.8 cm³/mol. The van der Waals surface area contributed by atoms with Crippen molar-refractivity contribution in [1.82, 2.24) is 14.4 Å². The van der Waals surface area contributed by atoms with Gasteiger partial charge in [-0.3, -0.25) is 0 Å². The first-order valence-electron chi connectivity index (χ1n) is 7.69. The SMILES string of the molecule is CCNc1cn2ccnc2c(N2CCC(C(C)O)CC2)n1. The minimum atomic E-state index is -0.223. The fraction of sp³-hybridized carbons (Fsp3) is 0.600. The average Bonchev–Trinajstić information content (AvgIpc) is 2.95. The number of hydrogen-bond acceptors (Lipinski definition) is 5. The summed E-state index contributed by atoms with van der Waals surface area (Å²) in [6, 6.07) is 0. The number of aliphatic hydroxyl groups is 1. The molecule has 1 unspecified atom stereocenters. The van der Waals surface area contributed by atoms with E-state index in [0.29, 0.717) is 5.92 Å². The van der Waals surface area contributed by atoms with Gasteiger partial charge in [0.1, 0.15) is 5.82 Å². The minimum Gasteiger partial charge on any atom is -0.393 e. The van der Waals surface area contributed by atoms with Crippen LogP contribution in [0.3, 0.4) is 0 Å². The highest BCUT2D eigenvalue weighted by Gasteiger charge is 2.25. The van der Waals surface area contributed by atoms with Crippen LogP contribution in [0, 0.1) is 5.92 Å². The number of fused-ring (bicyclic) bond motifs is 1. The van der Waals surface area contributed by atoms with Gasteiger partial charge in [-0.25, -0.2) is 9.97 Å². The molecular formula is C15H23N5O. The number of piperidine rings is 1. The van der Waals surface area contributed by atoms with Crippen molar-refractivity contribution in [2.45, 2.75) is 32.8 Å². The molecule has 1 fully saturated rings. The topological polar surface area (TPSA) is 65.7 Å². The van der Waals surface area contributed by atoms with Gasteiger partial charge >= 0.3 is 0 Å². The summed E-state index contributed by atoms with van der Waals surface area (Å²) in [5.41, 5.74) is 0.896. The molecule has 3 heterocycles. The molecule has 21 heavy (non-hydrogen) atoms. The van der Waals surface area contributed by atoms with Crippen molar-refractivity contribution in [3.8, 4) is 0 Å². The highest BCUT2D eigenvalue weighted by Crippen LogP contribution is 2.27. The molecule has 1 atom stereocenters. The molecule has 0 amide bonds. The second-order valence-electron chi connectivity index (χ2n) is 5.70. The number of aromatic nitrogens is 3. The third-order valence-corrected chi connectivity index (χ3v) is 4.24. The quantitative estimate of drug-likeness (QED) is 0.898. The Labute approximate surface area is 124 Å². The standard InChI is InChI=1S/C15H23N5O/c1-3-16-13-10-20-9-6-17-14(20)15(18-13)19-7-4-12(5-8-19)11(2)21/h6,9-12,16,21H,3-5,7-8H2,1-2H3. The first-order chi connectivity index (χ1) is 10.2. The van der Waals surface area contributed by atoms with Crippen molar-refractivity contribution in [2.75, 3.05) is 29.9 Å². The van der Waals surface area contributed by atoms with E-state index in [9.17, 15) is 5.11 Å². The number of hydrogen-bond donors (Lipinski definition) is 2. The van der Waals surface area contributed by atoms with Crippen LogP contribution in [0.15, 0.2) is 18.6 Å². The summed E-state index contributed by atoms with van der Waals surface area (Å²) >= 11 is 0. The predicted octanol–water partition coefficient (Wildman–Crippen LogP) is 1.76. The van der Waals surface area contributed by atoms with Crippen molar-refractivity contribution in [3.63, 3.8) is 0 Å². The van der Waals surface area contributed by atoms with Crippen LogP contribution >= 0.6 is 0 Å². The number of nitrogens with zero attached hydrogens (tertiary/aromatic N) is 4. The summed E-state index contributed by atoms with van der Waals surface area (Å²) in [6.07, 6.45) is 7.50. The fourth-order valence-corrected chi connectivity index (χ4v) is 2.99. The van der Waals surface area contributed by atoms with Crippen molar-refractivity contribution in [2.24, 2.45) is 5.92 Å². The summed E-state index contributed by atoms with van der Waals surface area (Å²) in [5.74, 6) is 2.20. The molecule has 114 valence electrons. The number of nitrogens with one attached hydrogen (secondary N) is 1. The van der Waals surface area contributed by atoms with E-state index in [0.717, 1.165) is 49.8 Å². The Kier molecular flexibility index (Phi) is 3.96. The van der Waals surface area contributed by atoms with Gasteiger partial charge in [0.05, 0.1) is 12.3 Å². The van der Waals surface area contributed by atoms with E-state index in [4.69, 9.17) is 4.98 Å².